The topological polar surface area (TPSA) is 172 Å². The number of hydrogen-bond donors (Lipinski definition) is 3. The maximum absolute atomic E-state index is 14.1. The van der Waals surface area contributed by atoms with E-state index in [1.165, 1.54) is 29.0 Å². The summed E-state index contributed by atoms with van der Waals surface area (Å²) in [6.45, 7) is 5.00. The Bertz CT molecular complexity index is 1170. The average molecular weight is 586 g/mol. The largest absolute Gasteiger partial charge is 0.469 e. The van der Waals surface area contributed by atoms with Gasteiger partial charge in [0.1, 0.15) is 30.1 Å². The number of esters is 2. The summed E-state index contributed by atoms with van der Waals surface area (Å²) in [6, 6.07) is 4.06. The van der Waals surface area contributed by atoms with E-state index in [4.69, 9.17) is 20.6 Å². The van der Waals surface area contributed by atoms with Crippen LogP contribution in [0.25, 0.3) is 0 Å². The Morgan fingerprint density at radius 3 is 2.21 bits per heavy atom. The summed E-state index contributed by atoms with van der Waals surface area (Å²) < 4.78 is 10.2. The normalized spacial score (nSPS) is 18.7. The van der Waals surface area contributed by atoms with E-state index in [0.29, 0.717) is 17.5 Å². The summed E-state index contributed by atoms with van der Waals surface area (Å²) in [5.41, 5.74) is 5.55. The number of amides is 3. The highest BCUT2D eigenvalue weighted by atomic mass is 16.6. The van der Waals surface area contributed by atoms with Gasteiger partial charge in [0.2, 0.25) is 11.8 Å². The van der Waals surface area contributed by atoms with Gasteiger partial charge < -0.3 is 30.3 Å². The Labute approximate surface area is 246 Å². The zero-order chi connectivity index (χ0) is 31.0. The van der Waals surface area contributed by atoms with E-state index in [-0.39, 0.29) is 37.8 Å². The summed E-state index contributed by atoms with van der Waals surface area (Å²) in [5.74, 6) is -2.68. The van der Waals surface area contributed by atoms with Crippen LogP contribution in [0.2, 0.25) is 0 Å². The van der Waals surface area contributed by atoms with Crippen LogP contribution in [0.3, 0.4) is 0 Å². The number of carbonyl (C=O) groups excluding carboxylic acids is 5. The molecule has 3 rings (SSSR count). The summed E-state index contributed by atoms with van der Waals surface area (Å²) in [4.78, 5) is 68.3. The first-order valence-electron chi connectivity index (χ1n) is 14.4. The zero-order valence-corrected chi connectivity index (χ0v) is 24.9. The van der Waals surface area contributed by atoms with Gasteiger partial charge in [0.25, 0.3) is 5.91 Å². The number of carbonyl (C=O) groups is 5. The molecule has 1 heterocycles. The van der Waals surface area contributed by atoms with Gasteiger partial charge in [-0.25, -0.2) is 0 Å². The van der Waals surface area contributed by atoms with Crippen LogP contribution >= 0.6 is 0 Å². The Morgan fingerprint density at radius 1 is 1.02 bits per heavy atom. The molecule has 0 bridgehead atoms. The molecule has 1 aliphatic carbocycles. The average Bonchev–Trinajstić information content (AvgIpc) is 2.94. The van der Waals surface area contributed by atoms with E-state index in [2.05, 4.69) is 5.32 Å². The highest BCUT2D eigenvalue weighted by Crippen LogP contribution is 2.29. The molecule has 0 aromatic heterocycles. The first-order valence-corrected chi connectivity index (χ1v) is 14.4. The van der Waals surface area contributed by atoms with Gasteiger partial charge in [-0.05, 0) is 45.2 Å². The van der Waals surface area contributed by atoms with Crippen LogP contribution in [0.1, 0.15) is 81.6 Å². The molecule has 3 amide bonds. The molecule has 2 aliphatic rings. The number of hydrogen-bond acceptors (Lipinski definition) is 8. The van der Waals surface area contributed by atoms with Gasteiger partial charge in [-0.1, -0.05) is 44.2 Å². The molecule has 230 valence electrons. The standard InChI is InChI=1S/C30H43N5O7/c1-30(2,3)42-25(37)18-34-14-15-35(23(29(34)40)17-24(36)41-4)28(39)22(16-19-8-6-5-7-9-19)33-27(38)21-12-10-20(11-13-21)26(31)32/h10-13,19,22-23H,5-9,14-18H2,1-4H3,(H3,31,32)(H,33,38)/t22-,23?/m1/s1. The number of nitrogens with one attached hydrogen (secondary N) is 2. The van der Waals surface area contributed by atoms with Crippen molar-refractivity contribution in [3.8, 4) is 0 Å². The maximum atomic E-state index is 14.1. The van der Waals surface area contributed by atoms with E-state index < -0.39 is 47.3 Å². The summed E-state index contributed by atoms with van der Waals surface area (Å²) >= 11 is 0. The van der Waals surface area contributed by atoms with Crippen molar-refractivity contribution in [1.29, 1.82) is 5.41 Å². The van der Waals surface area contributed by atoms with E-state index in [1.54, 1.807) is 32.9 Å². The molecule has 0 radical (unpaired) electrons. The molecule has 2 atom stereocenters. The Morgan fingerprint density at radius 2 is 1.64 bits per heavy atom. The predicted octanol–water partition coefficient (Wildman–Crippen LogP) is 1.98. The zero-order valence-electron chi connectivity index (χ0n) is 24.9. The molecule has 4 N–H and O–H groups in total. The van der Waals surface area contributed by atoms with Gasteiger partial charge >= 0.3 is 11.9 Å². The van der Waals surface area contributed by atoms with Crippen molar-refractivity contribution in [3.63, 3.8) is 0 Å². The molecule has 2 fully saturated rings. The van der Waals surface area contributed by atoms with Gasteiger partial charge in [0.05, 0.1) is 13.5 Å². The molecule has 0 spiro atoms. The lowest BCUT2D eigenvalue weighted by molar-refractivity contribution is -0.164. The number of amidine groups is 1. The number of benzene rings is 1. The van der Waals surface area contributed by atoms with E-state index in [9.17, 15) is 24.0 Å². The second-order valence-electron chi connectivity index (χ2n) is 11.9. The van der Waals surface area contributed by atoms with Gasteiger partial charge in [-0.2, -0.15) is 0 Å². The smallest absolute Gasteiger partial charge is 0.326 e. The maximum Gasteiger partial charge on any atom is 0.326 e. The number of methoxy groups -OCH3 is 1. The minimum absolute atomic E-state index is 0.0676. The highest BCUT2D eigenvalue weighted by Gasteiger charge is 2.42. The third-order valence-corrected chi connectivity index (χ3v) is 7.55. The van der Waals surface area contributed by atoms with Crippen LogP contribution in [0.5, 0.6) is 0 Å². The van der Waals surface area contributed by atoms with Crippen molar-refractivity contribution in [3.05, 3.63) is 35.4 Å². The second kappa shape index (κ2) is 14.3. The highest BCUT2D eigenvalue weighted by molar-refractivity contribution is 6.01. The molecule has 42 heavy (non-hydrogen) atoms. The number of ether oxygens (including phenoxy) is 2. The monoisotopic (exact) mass is 585 g/mol. The minimum atomic E-state index is -1.19. The Hall–Kier alpha value is -3.96. The van der Waals surface area contributed by atoms with E-state index in [1.807, 2.05) is 0 Å². The third-order valence-electron chi connectivity index (χ3n) is 7.55. The quantitative estimate of drug-likeness (QED) is 0.212. The van der Waals surface area contributed by atoms with Crippen LogP contribution < -0.4 is 11.1 Å². The van der Waals surface area contributed by atoms with Crippen molar-refractivity contribution in [2.75, 3.05) is 26.7 Å². The third kappa shape index (κ3) is 9.02. The second-order valence-corrected chi connectivity index (χ2v) is 11.9. The molecule has 1 unspecified atom stereocenters. The van der Waals surface area contributed by atoms with Crippen molar-refractivity contribution >= 4 is 35.5 Å². The first kappa shape index (κ1) is 32.6. The molecular formula is C30H43N5O7. The molecule has 1 aromatic carbocycles. The van der Waals surface area contributed by atoms with Crippen LogP contribution in [-0.2, 0) is 28.7 Å². The summed E-state index contributed by atoms with van der Waals surface area (Å²) in [7, 11) is 1.20. The van der Waals surface area contributed by atoms with E-state index >= 15 is 0 Å². The molecule has 12 nitrogen and oxygen atoms in total. The Balaban J connectivity index is 1.84. The minimum Gasteiger partial charge on any atom is -0.469 e. The lowest BCUT2D eigenvalue weighted by atomic mass is 9.84. The number of nitrogen functional groups attached to an aromatic ring is 1. The lowest BCUT2D eigenvalue weighted by Crippen LogP contribution is -2.63. The lowest BCUT2D eigenvalue weighted by Gasteiger charge is -2.41. The number of nitrogens with zero attached hydrogens (tertiary/aromatic N) is 2. The van der Waals surface area contributed by atoms with E-state index in [0.717, 1.165) is 32.1 Å². The Kier molecular flexibility index (Phi) is 11.1. The van der Waals surface area contributed by atoms with Crippen LogP contribution in [-0.4, -0.2) is 89.7 Å². The van der Waals surface area contributed by atoms with Crippen LogP contribution in [0, 0.1) is 11.3 Å². The van der Waals surface area contributed by atoms with Gasteiger partial charge in [-0.15, -0.1) is 0 Å². The fourth-order valence-electron chi connectivity index (χ4n) is 5.45. The van der Waals surface area contributed by atoms with Crippen LogP contribution in [0.4, 0.5) is 0 Å². The van der Waals surface area contributed by atoms with Gasteiger partial charge in [-0.3, -0.25) is 29.4 Å². The number of nitrogens with two attached hydrogens (primary N) is 1. The molecule has 12 heteroatoms. The summed E-state index contributed by atoms with van der Waals surface area (Å²) in [5, 5.41) is 10.4. The van der Waals surface area contributed by atoms with Crippen LogP contribution in [0.15, 0.2) is 24.3 Å². The van der Waals surface area contributed by atoms with Crippen molar-refractivity contribution in [1.82, 2.24) is 15.1 Å². The first-order chi connectivity index (χ1) is 19.8. The van der Waals surface area contributed by atoms with Gasteiger partial charge in [0.15, 0.2) is 0 Å². The molecule has 1 aliphatic heterocycles. The van der Waals surface area contributed by atoms with Crippen molar-refractivity contribution in [2.45, 2.75) is 83.4 Å². The van der Waals surface area contributed by atoms with Crippen molar-refractivity contribution in [2.24, 2.45) is 11.7 Å². The van der Waals surface area contributed by atoms with Crippen molar-refractivity contribution < 1.29 is 33.4 Å². The molecular weight excluding hydrogens is 542 g/mol. The molecule has 1 aromatic rings. The molecule has 1 saturated carbocycles. The number of piperazine rings is 1. The molecule has 1 saturated heterocycles. The number of rotatable bonds is 10. The predicted molar refractivity (Wildman–Crippen MR) is 154 cm³/mol. The SMILES string of the molecule is COC(=O)CC1C(=O)N(CC(=O)OC(C)(C)C)CCN1C(=O)[C@@H](CC1CCCCC1)NC(=O)c1ccc(C(=N)N)cc1. The van der Waals surface area contributed by atoms with Gasteiger partial charge in [0, 0.05) is 24.2 Å². The fourth-order valence-corrected chi connectivity index (χ4v) is 5.45. The summed E-state index contributed by atoms with van der Waals surface area (Å²) in [6.07, 6.45) is 5.08. The fraction of sp³-hybridized carbons (Fsp3) is 0.600.